The second-order valence-corrected chi connectivity index (χ2v) is 7.24. The van der Waals surface area contributed by atoms with Gasteiger partial charge in [0.25, 0.3) is 0 Å². The highest BCUT2D eigenvalue weighted by Gasteiger charge is 2.21. The lowest BCUT2D eigenvalue weighted by atomic mass is 9.92. The highest BCUT2D eigenvalue weighted by atomic mass is 15.2. The molecule has 21 heavy (non-hydrogen) atoms. The van der Waals surface area contributed by atoms with Gasteiger partial charge in [0.15, 0.2) is 5.96 Å². The molecule has 3 unspecified atom stereocenters. The maximum absolute atomic E-state index is 4.30. The molecule has 0 aliphatic carbocycles. The van der Waals surface area contributed by atoms with E-state index in [2.05, 4.69) is 55.1 Å². The molecule has 1 heterocycles. The van der Waals surface area contributed by atoms with Crippen LogP contribution in [0, 0.1) is 17.8 Å². The van der Waals surface area contributed by atoms with Crippen LogP contribution in [-0.2, 0) is 0 Å². The van der Waals surface area contributed by atoms with Crippen molar-refractivity contribution in [3.8, 4) is 0 Å². The molecule has 0 aromatic carbocycles. The maximum Gasteiger partial charge on any atom is 0.191 e. The third-order valence-electron chi connectivity index (χ3n) is 4.48. The second-order valence-electron chi connectivity index (χ2n) is 7.24. The van der Waals surface area contributed by atoms with Crippen molar-refractivity contribution in [3.63, 3.8) is 0 Å². The van der Waals surface area contributed by atoms with Gasteiger partial charge in [-0.1, -0.05) is 27.7 Å². The molecule has 1 fully saturated rings. The summed E-state index contributed by atoms with van der Waals surface area (Å²) in [4.78, 5) is 6.92. The van der Waals surface area contributed by atoms with Crippen molar-refractivity contribution in [1.82, 2.24) is 15.5 Å². The van der Waals surface area contributed by atoms with Crippen molar-refractivity contribution in [2.75, 3.05) is 33.2 Å². The average molecular weight is 297 g/mol. The number of hydrogen-bond donors (Lipinski definition) is 2. The molecule has 0 radical (unpaired) electrons. The zero-order chi connectivity index (χ0) is 15.8. The Balaban J connectivity index is 2.20. The summed E-state index contributed by atoms with van der Waals surface area (Å²) in [7, 11) is 1.84. The molecule has 0 aromatic heterocycles. The number of nitrogens with one attached hydrogen (secondary N) is 2. The number of hydrogen-bond acceptors (Lipinski definition) is 2. The van der Waals surface area contributed by atoms with Crippen molar-refractivity contribution in [1.29, 1.82) is 0 Å². The molecule has 0 amide bonds. The number of guanidine groups is 1. The fraction of sp³-hybridized carbons (Fsp3) is 0.941. The van der Waals surface area contributed by atoms with Gasteiger partial charge in [0.1, 0.15) is 0 Å². The van der Waals surface area contributed by atoms with Crippen LogP contribution in [0.4, 0.5) is 0 Å². The van der Waals surface area contributed by atoms with E-state index in [4.69, 9.17) is 0 Å². The van der Waals surface area contributed by atoms with Crippen LogP contribution in [0.5, 0.6) is 0 Å². The summed E-state index contributed by atoms with van der Waals surface area (Å²) in [5, 5.41) is 6.87. The topological polar surface area (TPSA) is 39.7 Å². The molecule has 4 heteroatoms. The molecule has 1 aliphatic rings. The highest BCUT2D eigenvalue weighted by Crippen LogP contribution is 2.20. The van der Waals surface area contributed by atoms with Gasteiger partial charge in [-0.2, -0.15) is 0 Å². The van der Waals surface area contributed by atoms with E-state index in [-0.39, 0.29) is 0 Å². The van der Waals surface area contributed by atoms with Gasteiger partial charge in [0.05, 0.1) is 0 Å². The van der Waals surface area contributed by atoms with Crippen LogP contribution < -0.4 is 10.6 Å². The zero-order valence-corrected chi connectivity index (χ0v) is 14.9. The van der Waals surface area contributed by atoms with Gasteiger partial charge in [0, 0.05) is 32.7 Å². The standard InChI is InChI=1S/C17H36N4/c1-13(2)16(5)20-17(18-6)19-8-7-9-21-11-14(3)10-15(4)12-21/h13-16H,7-12H2,1-6H3,(H2,18,19,20). The molecule has 0 bridgehead atoms. The number of rotatable bonds is 6. The van der Waals surface area contributed by atoms with Crippen LogP contribution in [0.25, 0.3) is 0 Å². The minimum atomic E-state index is 0.444. The molecule has 1 aliphatic heterocycles. The first-order valence-electron chi connectivity index (χ1n) is 8.61. The molecule has 3 atom stereocenters. The Morgan fingerprint density at radius 1 is 1.19 bits per heavy atom. The molecule has 4 nitrogen and oxygen atoms in total. The lowest BCUT2D eigenvalue weighted by Gasteiger charge is -2.35. The summed E-state index contributed by atoms with van der Waals surface area (Å²) >= 11 is 0. The Kier molecular flexibility index (Phi) is 8.09. The van der Waals surface area contributed by atoms with Gasteiger partial charge in [-0.3, -0.25) is 4.99 Å². The fourth-order valence-electron chi connectivity index (χ4n) is 3.06. The number of likely N-dealkylation sites (tertiary alicyclic amines) is 1. The van der Waals surface area contributed by atoms with Gasteiger partial charge in [-0.25, -0.2) is 0 Å². The minimum absolute atomic E-state index is 0.444. The van der Waals surface area contributed by atoms with Crippen LogP contribution in [0.2, 0.25) is 0 Å². The van der Waals surface area contributed by atoms with E-state index in [0.717, 1.165) is 24.3 Å². The molecule has 2 N–H and O–H groups in total. The SMILES string of the molecule is CN=C(NCCCN1CC(C)CC(C)C1)NC(C)C(C)C. The summed E-state index contributed by atoms with van der Waals surface area (Å²) < 4.78 is 0. The van der Waals surface area contributed by atoms with E-state index >= 15 is 0 Å². The Hall–Kier alpha value is -0.770. The normalized spacial score (nSPS) is 26.0. The van der Waals surface area contributed by atoms with E-state index in [1.54, 1.807) is 0 Å². The van der Waals surface area contributed by atoms with Crippen molar-refractivity contribution in [2.24, 2.45) is 22.7 Å². The first-order chi connectivity index (χ1) is 9.92. The molecular weight excluding hydrogens is 260 g/mol. The Labute approximate surface area is 131 Å². The summed E-state index contributed by atoms with van der Waals surface area (Å²) in [6.07, 6.45) is 2.56. The van der Waals surface area contributed by atoms with E-state index in [1.807, 2.05) is 7.05 Å². The predicted octanol–water partition coefficient (Wildman–Crippen LogP) is 2.56. The van der Waals surface area contributed by atoms with Gasteiger partial charge < -0.3 is 15.5 Å². The summed E-state index contributed by atoms with van der Waals surface area (Å²) in [6, 6.07) is 0.444. The molecule has 0 aromatic rings. The first-order valence-corrected chi connectivity index (χ1v) is 8.61. The number of nitrogens with zero attached hydrogens (tertiary/aromatic N) is 2. The molecule has 0 spiro atoms. The molecule has 0 saturated carbocycles. The summed E-state index contributed by atoms with van der Waals surface area (Å²) in [6.45, 7) is 16.1. The number of aliphatic imine (C=N–C) groups is 1. The molecular formula is C17H36N4. The third kappa shape index (κ3) is 7.16. The van der Waals surface area contributed by atoms with E-state index in [0.29, 0.717) is 12.0 Å². The summed E-state index contributed by atoms with van der Waals surface area (Å²) in [5.41, 5.74) is 0. The van der Waals surface area contributed by atoms with E-state index in [1.165, 1.54) is 32.5 Å². The van der Waals surface area contributed by atoms with Crippen molar-refractivity contribution in [2.45, 2.75) is 53.5 Å². The van der Waals surface area contributed by atoms with Crippen LogP contribution in [0.15, 0.2) is 4.99 Å². The van der Waals surface area contributed by atoms with Gasteiger partial charge in [-0.15, -0.1) is 0 Å². The molecule has 124 valence electrons. The first kappa shape index (κ1) is 18.3. The Morgan fingerprint density at radius 3 is 2.33 bits per heavy atom. The number of piperidine rings is 1. The smallest absolute Gasteiger partial charge is 0.191 e. The van der Waals surface area contributed by atoms with Crippen LogP contribution in [0.3, 0.4) is 0 Å². The Morgan fingerprint density at radius 2 is 1.81 bits per heavy atom. The van der Waals surface area contributed by atoms with E-state index in [9.17, 15) is 0 Å². The second kappa shape index (κ2) is 9.29. The fourth-order valence-corrected chi connectivity index (χ4v) is 3.06. The highest BCUT2D eigenvalue weighted by molar-refractivity contribution is 5.79. The van der Waals surface area contributed by atoms with Crippen molar-refractivity contribution in [3.05, 3.63) is 0 Å². The van der Waals surface area contributed by atoms with Crippen molar-refractivity contribution < 1.29 is 0 Å². The minimum Gasteiger partial charge on any atom is -0.356 e. The van der Waals surface area contributed by atoms with Crippen LogP contribution in [-0.4, -0.2) is 50.1 Å². The van der Waals surface area contributed by atoms with E-state index < -0.39 is 0 Å². The monoisotopic (exact) mass is 296 g/mol. The van der Waals surface area contributed by atoms with Crippen LogP contribution >= 0.6 is 0 Å². The van der Waals surface area contributed by atoms with Gasteiger partial charge in [-0.05, 0) is 44.1 Å². The lowest BCUT2D eigenvalue weighted by molar-refractivity contribution is 0.140. The third-order valence-corrected chi connectivity index (χ3v) is 4.48. The summed E-state index contributed by atoms with van der Waals surface area (Å²) in [5.74, 6) is 3.24. The Bertz CT molecular complexity index is 304. The van der Waals surface area contributed by atoms with Gasteiger partial charge in [0.2, 0.25) is 0 Å². The maximum atomic E-state index is 4.30. The molecule has 1 saturated heterocycles. The lowest BCUT2D eigenvalue weighted by Crippen LogP contribution is -2.45. The zero-order valence-electron chi connectivity index (χ0n) is 14.9. The van der Waals surface area contributed by atoms with Crippen molar-refractivity contribution >= 4 is 5.96 Å². The van der Waals surface area contributed by atoms with Crippen LogP contribution in [0.1, 0.15) is 47.5 Å². The largest absolute Gasteiger partial charge is 0.356 e. The quantitative estimate of drug-likeness (QED) is 0.449. The predicted molar refractivity (Wildman–Crippen MR) is 92.8 cm³/mol. The van der Waals surface area contributed by atoms with Gasteiger partial charge >= 0.3 is 0 Å². The molecule has 1 rings (SSSR count). The average Bonchev–Trinajstić information content (AvgIpc) is 2.40.